The predicted molar refractivity (Wildman–Crippen MR) is 73.8 cm³/mol. The minimum absolute atomic E-state index is 0.0472. The molecule has 0 heterocycles. The molecule has 1 N–H and O–H groups in total. The fraction of sp³-hybridized carbons (Fsp3) is 0.467. The van der Waals surface area contributed by atoms with E-state index in [9.17, 15) is 18.4 Å². The van der Waals surface area contributed by atoms with Crippen LogP contribution >= 0.6 is 0 Å². The molecule has 116 valence electrons. The third-order valence-electron chi connectivity index (χ3n) is 3.03. The van der Waals surface area contributed by atoms with Gasteiger partial charge in [-0.05, 0) is 25.0 Å². The molecule has 1 rings (SSSR count). The van der Waals surface area contributed by atoms with E-state index in [1.54, 1.807) is 0 Å². The van der Waals surface area contributed by atoms with E-state index in [-0.39, 0.29) is 18.0 Å². The Morgan fingerprint density at radius 1 is 1.19 bits per heavy atom. The Morgan fingerprint density at radius 2 is 1.71 bits per heavy atom. The highest BCUT2D eigenvalue weighted by Gasteiger charge is 2.28. The molecular formula is C15H19F2NO3. The normalized spacial score (nSPS) is 12.3. The zero-order valence-electron chi connectivity index (χ0n) is 12.3. The second kappa shape index (κ2) is 7.15. The molecule has 0 saturated carbocycles. The number of aliphatic carboxylic acids is 1. The zero-order valence-corrected chi connectivity index (χ0v) is 12.3. The van der Waals surface area contributed by atoms with Gasteiger partial charge in [0.05, 0.1) is 5.92 Å². The van der Waals surface area contributed by atoms with Crippen LogP contribution in [-0.4, -0.2) is 35.0 Å². The molecule has 0 bridgehead atoms. The number of carboxylic acid groups (broad SMARTS) is 1. The molecule has 21 heavy (non-hydrogen) atoms. The smallest absolute Gasteiger partial charge is 0.323 e. The number of rotatable bonds is 6. The van der Waals surface area contributed by atoms with Crippen LogP contribution < -0.4 is 0 Å². The van der Waals surface area contributed by atoms with Crippen LogP contribution in [0.2, 0.25) is 0 Å². The molecule has 1 amide bonds. The molecular weight excluding hydrogens is 280 g/mol. The lowest BCUT2D eigenvalue weighted by atomic mass is 9.98. The van der Waals surface area contributed by atoms with E-state index in [0.717, 1.165) is 17.0 Å². The van der Waals surface area contributed by atoms with Gasteiger partial charge in [-0.1, -0.05) is 19.9 Å². The van der Waals surface area contributed by atoms with E-state index in [2.05, 4.69) is 0 Å². The summed E-state index contributed by atoms with van der Waals surface area (Å²) in [5.41, 5.74) is -0.332. The van der Waals surface area contributed by atoms with Gasteiger partial charge in [-0.15, -0.1) is 0 Å². The van der Waals surface area contributed by atoms with Crippen molar-refractivity contribution in [1.29, 1.82) is 0 Å². The summed E-state index contributed by atoms with van der Waals surface area (Å²) in [7, 11) is 0. The lowest BCUT2D eigenvalue weighted by Gasteiger charge is -2.26. The molecule has 0 aliphatic heterocycles. The van der Waals surface area contributed by atoms with E-state index in [1.165, 1.54) is 13.0 Å². The van der Waals surface area contributed by atoms with Crippen molar-refractivity contribution in [2.24, 2.45) is 5.92 Å². The Balaban J connectivity index is 3.04. The van der Waals surface area contributed by atoms with Crippen molar-refractivity contribution < 1.29 is 23.5 Å². The van der Waals surface area contributed by atoms with Crippen LogP contribution in [0.15, 0.2) is 18.2 Å². The summed E-state index contributed by atoms with van der Waals surface area (Å²) in [5, 5.41) is 8.87. The SMILES string of the molecule is CC(C)CN(CC(=O)O)C(=O)C(C)c1c(F)cccc1F. The number of carboxylic acids is 1. The van der Waals surface area contributed by atoms with Gasteiger partial charge in [-0.3, -0.25) is 9.59 Å². The number of benzene rings is 1. The molecule has 0 saturated heterocycles. The summed E-state index contributed by atoms with van der Waals surface area (Å²) in [6.07, 6.45) is 0. The van der Waals surface area contributed by atoms with Crippen LogP contribution in [0.1, 0.15) is 32.3 Å². The molecule has 0 aromatic heterocycles. The first-order valence-corrected chi connectivity index (χ1v) is 6.68. The maximum atomic E-state index is 13.7. The van der Waals surface area contributed by atoms with E-state index in [1.807, 2.05) is 13.8 Å². The van der Waals surface area contributed by atoms with E-state index in [4.69, 9.17) is 5.11 Å². The van der Waals surface area contributed by atoms with E-state index in [0.29, 0.717) is 0 Å². The highest BCUT2D eigenvalue weighted by Crippen LogP contribution is 2.24. The molecule has 1 unspecified atom stereocenters. The van der Waals surface area contributed by atoms with Crippen LogP contribution in [0.3, 0.4) is 0 Å². The van der Waals surface area contributed by atoms with Gasteiger partial charge >= 0.3 is 5.97 Å². The van der Waals surface area contributed by atoms with Crippen molar-refractivity contribution >= 4 is 11.9 Å². The van der Waals surface area contributed by atoms with Crippen LogP contribution in [0, 0.1) is 17.6 Å². The van der Waals surface area contributed by atoms with Crippen molar-refractivity contribution in [1.82, 2.24) is 4.90 Å². The largest absolute Gasteiger partial charge is 0.480 e. The lowest BCUT2D eigenvalue weighted by Crippen LogP contribution is -2.40. The molecule has 0 radical (unpaired) electrons. The van der Waals surface area contributed by atoms with Crippen LogP contribution in [0.25, 0.3) is 0 Å². The average Bonchev–Trinajstić information content (AvgIpc) is 2.35. The summed E-state index contributed by atoms with van der Waals surface area (Å²) >= 11 is 0. The number of amides is 1. The fourth-order valence-electron chi connectivity index (χ4n) is 2.16. The molecule has 0 spiro atoms. The topological polar surface area (TPSA) is 57.6 Å². The zero-order chi connectivity index (χ0) is 16.2. The minimum atomic E-state index is -1.16. The lowest BCUT2D eigenvalue weighted by molar-refractivity contribution is -0.145. The number of hydrogen-bond donors (Lipinski definition) is 1. The van der Waals surface area contributed by atoms with Gasteiger partial charge in [0.1, 0.15) is 18.2 Å². The van der Waals surface area contributed by atoms with Crippen LogP contribution in [-0.2, 0) is 9.59 Å². The Hall–Kier alpha value is -1.98. The van der Waals surface area contributed by atoms with Gasteiger partial charge in [-0.2, -0.15) is 0 Å². The Labute approximate surface area is 122 Å². The summed E-state index contributed by atoms with van der Waals surface area (Å²) in [6, 6.07) is 3.37. The molecule has 4 nitrogen and oxygen atoms in total. The van der Waals surface area contributed by atoms with Crippen molar-refractivity contribution in [2.45, 2.75) is 26.7 Å². The average molecular weight is 299 g/mol. The van der Waals surface area contributed by atoms with Crippen LogP contribution in [0.4, 0.5) is 8.78 Å². The van der Waals surface area contributed by atoms with E-state index >= 15 is 0 Å². The third kappa shape index (κ3) is 4.51. The maximum Gasteiger partial charge on any atom is 0.323 e. The molecule has 6 heteroatoms. The first kappa shape index (κ1) is 17.1. The number of nitrogens with zero attached hydrogens (tertiary/aromatic N) is 1. The van der Waals surface area contributed by atoms with Crippen LogP contribution in [0.5, 0.6) is 0 Å². The monoisotopic (exact) mass is 299 g/mol. The summed E-state index contributed by atoms with van der Waals surface area (Å²) in [4.78, 5) is 24.3. The van der Waals surface area contributed by atoms with Gasteiger partial charge in [0.2, 0.25) is 5.91 Å². The number of carbonyl (C=O) groups excluding carboxylic acids is 1. The maximum absolute atomic E-state index is 13.7. The summed E-state index contributed by atoms with van der Waals surface area (Å²) in [5.74, 6) is -4.41. The van der Waals surface area contributed by atoms with Gasteiger partial charge < -0.3 is 10.0 Å². The summed E-state index contributed by atoms with van der Waals surface area (Å²) in [6.45, 7) is 4.76. The van der Waals surface area contributed by atoms with E-state index < -0.39 is 36.0 Å². The fourth-order valence-corrected chi connectivity index (χ4v) is 2.16. The second-order valence-corrected chi connectivity index (χ2v) is 5.36. The number of carbonyl (C=O) groups is 2. The quantitative estimate of drug-likeness (QED) is 0.878. The first-order chi connectivity index (χ1) is 9.73. The summed E-state index contributed by atoms with van der Waals surface area (Å²) < 4.78 is 27.4. The molecule has 0 aliphatic rings. The van der Waals surface area contributed by atoms with Crippen molar-refractivity contribution in [2.75, 3.05) is 13.1 Å². The molecule has 0 fully saturated rings. The number of hydrogen-bond acceptors (Lipinski definition) is 2. The highest BCUT2D eigenvalue weighted by molar-refractivity contribution is 5.86. The van der Waals surface area contributed by atoms with Gasteiger partial charge in [0.25, 0.3) is 0 Å². The Kier molecular flexibility index (Phi) is 5.81. The first-order valence-electron chi connectivity index (χ1n) is 6.68. The highest BCUT2D eigenvalue weighted by atomic mass is 19.1. The number of halogens is 2. The Bertz CT molecular complexity index is 511. The van der Waals surface area contributed by atoms with Crippen molar-refractivity contribution in [3.8, 4) is 0 Å². The Morgan fingerprint density at radius 3 is 2.14 bits per heavy atom. The van der Waals surface area contributed by atoms with Gasteiger partial charge in [0.15, 0.2) is 0 Å². The third-order valence-corrected chi connectivity index (χ3v) is 3.03. The van der Waals surface area contributed by atoms with Gasteiger partial charge in [0, 0.05) is 12.1 Å². The second-order valence-electron chi connectivity index (χ2n) is 5.36. The molecule has 1 aromatic carbocycles. The predicted octanol–water partition coefficient (Wildman–Crippen LogP) is 2.64. The van der Waals surface area contributed by atoms with Crippen molar-refractivity contribution in [3.05, 3.63) is 35.4 Å². The molecule has 1 atom stereocenters. The van der Waals surface area contributed by atoms with Gasteiger partial charge in [-0.25, -0.2) is 8.78 Å². The molecule has 0 aliphatic carbocycles. The standard InChI is InChI=1S/C15H19F2NO3/c1-9(2)7-18(8-13(19)20)15(21)10(3)14-11(16)5-4-6-12(14)17/h4-6,9-10H,7-8H2,1-3H3,(H,19,20). The van der Waals surface area contributed by atoms with Crippen molar-refractivity contribution in [3.63, 3.8) is 0 Å². The molecule has 1 aromatic rings. The minimum Gasteiger partial charge on any atom is -0.480 e.